The van der Waals surface area contributed by atoms with E-state index in [-0.39, 0.29) is 0 Å². The van der Waals surface area contributed by atoms with E-state index in [1.165, 1.54) is 0 Å². The molecule has 0 unspecified atom stereocenters. The fraction of sp³-hybridized carbons (Fsp3) is 0.143. The molecule has 9 heavy (non-hydrogen) atoms. The van der Waals surface area contributed by atoms with E-state index in [9.17, 15) is 4.39 Å². The summed E-state index contributed by atoms with van der Waals surface area (Å²) >= 11 is 0. The number of rotatable bonds is 2. The van der Waals surface area contributed by atoms with Gasteiger partial charge in [-0.15, -0.1) is 0 Å². The highest BCUT2D eigenvalue weighted by Crippen LogP contribution is 2.02. The molecule has 0 spiro atoms. The molecule has 0 aliphatic rings. The van der Waals surface area contributed by atoms with Gasteiger partial charge in [-0.3, -0.25) is 0 Å². The van der Waals surface area contributed by atoms with E-state index in [1.54, 1.807) is 24.3 Å². The van der Waals surface area contributed by atoms with E-state index in [1.807, 2.05) is 0 Å². The number of hydrogen-bond acceptors (Lipinski definition) is 1. The molecule has 47 valence electrons. The first-order chi connectivity index (χ1) is 4.43. The van der Waals surface area contributed by atoms with Crippen molar-refractivity contribution < 1.29 is 4.39 Å². The minimum atomic E-state index is -0.524. The van der Waals surface area contributed by atoms with Crippen molar-refractivity contribution in [1.82, 2.24) is 0 Å². The number of anilines is 1. The molecule has 1 aromatic rings. The maximum atomic E-state index is 11.6. The molecule has 1 rings (SSSR count). The van der Waals surface area contributed by atoms with Crippen molar-refractivity contribution in [2.24, 2.45) is 0 Å². The lowest BCUT2D eigenvalue weighted by Crippen LogP contribution is -1.93. The van der Waals surface area contributed by atoms with Gasteiger partial charge in [-0.25, -0.2) is 4.39 Å². The van der Waals surface area contributed by atoms with Crippen molar-refractivity contribution >= 4 is 5.69 Å². The van der Waals surface area contributed by atoms with Crippen LogP contribution in [0.25, 0.3) is 0 Å². The zero-order valence-corrected chi connectivity index (χ0v) is 4.89. The summed E-state index contributed by atoms with van der Waals surface area (Å²) < 4.78 is 11.6. The first kappa shape index (κ1) is 6.08. The maximum absolute atomic E-state index is 11.6. The summed E-state index contributed by atoms with van der Waals surface area (Å²) in [5.74, 6) is 0. The van der Waals surface area contributed by atoms with Gasteiger partial charge >= 0.3 is 0 Å². The van der Waals surface area contributed by atoms with Crippen molar-refractivity contribution in [1.29, 1.82) is 0 Å². The van der Waals surface area contributed by atoms with Crippen molar-refractivity contribution in [2.45, 2.75) is 0 Å². The van der Waals surface area contributed by atoms with Crippen LogP contribution < -0.4 is 5.32 Å². The van der Waals surface area contributed by atoms with Crippen LogP contribution in [-0.2, 0) is 0 Å². The molecular weight excluding hydrogens is 117 g/mol. The Morgan fingerprint density at radius 2 is 2.11 bits per heavy atom. The monoisotopic (exact) mass is 124 g/mol. The van der Waals surface area contributed by atoms with E-state index in [4.69, 9.17) is 0 Å². The summed E-state index contributed by atoms with van der Waals surface area (Å²) in [6.07, 6.45) is 0. The summed E-state index contributed by atoms with van der Waals surface area (Å²) in [4.78, 5) is 0. The van der Waals surface area contributed by atoms with Crippen molar-refractivity contribution in [2.75, 3.05) is 12.1 Å². The Bertz CT molecular complexity index is 162. The number of benzene rings is 1. The third-order valence-corrected chi connectivity index (χ3v) is 0.989. The Balaban J connectivity index is 2.61. The number of alkyl halides is 1. The van der Waals surface area contributed by atoms with Gasteiger partial charge < -0.3 is 5.32 Å². The topological polar surface area (TPSA) is 12.0 Å². The standard InChI is InChI=1S/C7H7FN/c8-6-9-7-4-2-1-3-5-7/h2-5,9H,6H2. The summed E-state index contributed by atoms with van der Waals surface area (Å²) in [7, 11) is 0. The quantitative estimate of drug-likeness (QED) is 0.593. The summed E-state index contributed by atoms with van der Waals surface area (Å²) in [6.45, 7) is -0.524. The third kappa shape index (κ3) is 1.72. The maximum Gasteiger partial charge on any atom is 0.159 e. The van der Waals surface area contributed by atoms with Crippen LogP contribution in [-0.4, -0.2) is 6.80 Å². The van der Waals surface area contributed by atoms with Gasteiger partial charge in [0.1, 0.15) is 0 Å². The Morgan fingerprint density at radius 3 is 2.67 bits per heavy atom. The number of halogens is 1. The Labute approximate surface area is 53.5 Å². The Kier molecular flexibility index (Phi) is 2.07. The van der Waals surface area contributed by atoms with Gasteiger partial charge in [-0.2, -0.15) is 0 Å². The smallest absolute Gasteiger partial charge is 0.159 e. The predicted octanol–water partition coefficient (Wildman–Crippen LogP) is 1.83. The molecule has 0 heterocycles. The first-order valence-corrected chi connectivity index (χ1v) is 2.69. The van der Waals surface area contributed by atoms with Crippen LogP contribution >= 0.6 is 0 Å². The highest BCUT2D eigenvalue weighted by Gasteiger charge is 1.83. The molecule has 0 saturated heterocycles. The van der Waals surface area contributed by atoms with Gasteiger partial charge in [-0.05, 0) is 18.2 Å². The molecule has 0 aliphatic heterocycles. The Hall–Kier alpha value is -1.05. The summed E-state index contributed by atoms with van der Waals surface area (Å²) in [6, 6.07) is 9.82. The second kappa shape index (κ2) is 3.07. The zero-order valence-electron chi connectivity index (χ0n) is 4.89. The zero-order chi connectivity index (χ0) is 6.53. The van der Waals surface area contributed by atoms with E-state index < -0.39 is 6.80 Å². The fourth-order valence-electron chi connectivity index (χ4n) is 0.582. The molecule has 1 aromatic carbocycles. The molecule has 1 radical (unpaired) electrons. The normalized spacial score (nSPS) is 9.00. The second-order valence-corrected chi connectivity index (χ2v) is 1.60. The first-order valence-electron chi connectivity index (χ1n) is 2.69. The van der Waals surface area contributed by atoms with Gasteiger partial charge in [0.2, 0.25) is 0 Å². The van der Waals surface area contributed by atoms with Crippen LogP contribution in [0.4, 0.5) is 10.1 Å². The SMILES string of the molecule is FCNc1cc[c]cc1. The second-order valence-electron chi connectivity index (χ2n) is 1.60. The van der Waals surface area contributed by atoms with E-state index in [0.717, 1.165) is 5.69 Å². The van der Waals surface area contributed by atoms with Crippen LogP contribution in [0.15, 0.2) is 24.3 Å². The number of hydrogen-bond donors (Lipinski definition) is 1. The number of nitrogens with one attached hydrogen (secondary N) is 1. The molecule has 0 fully saturated rings. The largest absolute Gasteiger partial charge is 0.359 e. The minimum Gasteiger partial charge on any atom is -0.359 e. The molecular formula is C7H7FN. The van der Waals surface area contributed by atoms with E-state index in [2.05, 4.69) is 11.4 Å². The summed E-state index contributed by atoms with van der Waals surface area (Å²) in [5, 5.41) is 2.52. The van der Waals surface area contributed by atoms with Crippen LogP contribution in [0.1, 0.15) is 0 Å². The van der Waals surface area contributed by atoms with Crippen molar-refractivity contribution in [3.8, 4) is 0 Å². The highest BCUT2D eigenvalue weighted by atomic mass is 19.1. The van der Waals surface area contributed by atoms with E-state index >= 15 is 0 Å². The molecule has 0 aromatic heterocycles. The lowest BCUT2D eigenvalue weighted by molar-refractivity contribution is 0.536. The van der Waals surface area contributed by atoms with E-state index in [0.29, 0.717) is 0 Å². The minimum absolute atomic E-state index is 0.524. The molecule has 0 amide bonds. The molecule has 0 atom stereocenters. The van der Waals surface area contributed by atoms with Crippen LogP contribution in [0.3, 0.4) is 0 Å². The lowest BCUT2D eigenvalue weighted by Gasteiger charge is -1.96. The Morgan fingerprint density at radius 1 is 1.44 bits per heavy atom. The molecule has 2 heteroatoms. The third-order valence-electron chi connectivity index (χ3n) is 0.989. The summed E-state index contributed by atoms with van der Waals surface area (Å²) in [5.41, 5.74) is 0.788. The molecule has 0 bridgehead atoms. The van der Waals surface area contributed by atoms with Crippen molar-refractivity contribution in [3.63, 3.8) is 0 Å². The molecule has 1 nitrogen and oxygen atoms in total. The van der Waals surface area contributed by atoms with Crippen LogP contribution in [0.5, 0.6) is 0 Å². The van der Waals surface area contributed by atoms with Gasteiger partial charge in [0.05, 0.1) is 0 Å². The van der Waals surface area contributed by atoms with Crippen LogP contribution in [0.2, 0.25) is 0 Å². The average molecular weight is 124 g/mol. The van der Waals surface area contributed by atoms with Crippen LogP contribution in [0, 0.1) is 6.07 Å². The van der Waals surface area contributed by atoms with Gasteiger partial charge in [0, 0.05) is 5.69 Å². The lowest BCUT2D eigenvalue weighted by atomic mass is 10.3. The highest BCUT2D eigenvalue weighted by molar-refractivity contribution is 5.41. The molecule has 0 aliphatic carbocycles. The molecule has 1 N–H and O–H groups in total. The molecule has 0 saturated carbocycles. The van der Waals surface area contributed by atoms with Gasteiger partial charge in [0.15, 0.2) is 6.80 Å². The average Bonchev–Trinajstić information content (AvgIpc) is 1.91. The van der Waals surface area contributed by atoms with Gasteiger partial charge in [0.25, 0.3) is 0 Å². The van der Waals surface area contributed by atoms with Crippen molar-refractivity contribution in [3.05, 3.63) is 30.3 Å². The van der Waals surface area contributed by atoms with Gasteiger partial charge in [-0.1, -0.05) is 12.1 Å². The predicted molar refractivity (Wildman–Crippen MR) is 34.9 cm³/mol. The fourth-order valence-corrected chi connectivity index (χ4v) is 0.582.